The Hall–Kier alpha value is -0.940. The summed E-state index contributed by atoms with van der Waals surface area (Å²) >= 11 is 0. The van der Waals surface area contributed by atoms with Gasteiger partial charge in [-0.05, 0) is 33.7 Å². The zero-order chi connectivity index (χ0) is 11.5. The van der Waals surface area contributed by atoms with E-state index in [-0.39, 0.29) is 0 Å². The van der Waals surface area contributed by atoms with Crippen LogP contribution in [-0.4, -0.2) is 45.3 Å². The summed E-state index contributed by atoms with van der Waals surface area (Å²) in [6.45, 7) is 9.53. The Bertz CT molecular complexity index is 333. The number of aromatic amines is 1. The molecule has 1 saturated heterocycles. The van der Waals surface area contributed by atoms with E-state index in [1.54, 1.807) is 0 Å². The maximum atomic E-state index is 4.28. The summed E-state index contributed by atoms with van der Waals surface area (Å²) < 4.78 is 0. The summed E-state index contributed by atoms with van der Waals surface area (Å²) in [5.74, 6) is 1.74. The number of nitrogens with one attached hydrogen (secondary N) is 2. The number of likely N-dealkylation sites (tertiary alicyclic amines) is 1. The third-order valence-electron chi connectivity index (χ3n) is 3.14. The highest BCUT2D eigenvalue weighted by Crippen LogP contribution is 2.12. The van der Waals surface area contributed by atoms with E-state index < -0.39 is 0 Å². The van der Waals surface area contributed by atoms with Gasteiger partial charge in [-0.1, -0.05) is 0 Å². The van der Waals surface area contributed by atoms with Crippen molar-refractivity contribution >= 4 is 0 Å². The van der Waals surface area contributed by atoms with Gasteiger partial charge in [0.15, 0.2) is 5.82 Å². The van der Waals surface area contributed by atoms with Crippen LogP contribution in [0.4, 0.5) is 0 Å². The first-order valence-corrected chi connectivity index (χ1v) is 6.00. The van der Waals surface area contributed by atoms with Crippen LogP contribution in [0.3, 0.4) is 0 Å². The highest BCUT2D eigenvalue weighted by molar-refractivity contribution is 4.89. The van der Waals surface area contributed by atoms with Gasteiger partial charge in [0.25, 0.3) is 0 Å². The Labute approximate surface area is 96.6 Å². The summed E-state index contributed by atoms with van der Waals surface area (Å²) in [5.41, 5.74) is 0. The molecule has 0 radical (unpaired) electrons. The van der Waals surface area contributed by atoms with Crippen molar-refractivity contribution in [2.45, 2.75) is 45.8 Å². The van der Waals surface area contributed by atoms with Crippen LogP contribution in [0.5, 0.6) is 0 Å². The Morgan fingerprint density at radius 2 is 2.38 bits per heavy atom. The van der Waals surface area contributed by atoms with E-state index in [2.05, 4.69) is 39.2 Å². The topological polar surface area (TPSA) is 56.8 Å². The first kappa shape index (κ1) is 11.5. The molecule has 0 bridgehead atoms. The molecule has 5 nitrogen and oxygen atoms in total. The summed E-state index contributed by atoms with van der Waals surface area (Å²) in [4.78, 5) is 6.78. The molecule has 1 aromatic heterocycles. The third kappa shape index (κ3) is 2.80. The average molecular weight is 223 g/mol. The molecule has 1 aliphatic heterocycles. The van der Waals surface area contributed by atoms with Gasteiger partial charge in [-0.3, -0.25) is 10.00 Å². The molecule has 2 rings (SSSR count). The van der Waals surface area contributed by atoms with E-state index in [9.17, 15) is 0 Å². The largest absolute Gasteiger partial charge is 0.306 e. The minimum Gasteiger partial charge on any atom is -0.306 e. The second-order valence-electron chi connectivity index (χ2n) is 4.79. The van der Waals surface area contributed by atoms with Crippen LogP contribution in [0, 0.1) is 6.92 Å². The first-order chi connectivity index (χ1) is 7.65. The fraction of sp³-hybridized carbons (Fsp3) is 0.818. The number of rotatable bonds is 4. The molecule has 1 atom stereocenters. The highest BCUT2D eigenvalue weighted by atomic mass is 15.2. The van der Waals surface area contributed by atoms with E-state index in [0.717, 1.165) is 24.7 Å². The number of nitrogens with zero attached hydrogens (tertiary/aromatic N) is 3. The summed E-state index contributed by atoms with van der Waals surface area (Å²) in [7, 11) is 0. The van der Waals surface area contributed by atoms with E-state index in [0.29, 0.717) is 12.1 Å². The zero-order valence-electron chi connectivity index (χ0n) is 10.3. The standard InChI is InChI=1S/C11H21N5/c1-8(2)16-5-4-10(7-16)12-6-11-13-9(3)14-15-11/h8,10,12H,4-7H2,1-3H3,(H,13,14,15). The molecule has 2 heterocycles. The molecule has 0 saturated carbocycles. The van der Waals surface area contributed by atoms with Crippen molar-refractivity contribution in [2.75, 3.05) is 13.1 Å². The molecule has 0 amide bonds. The number of hydrogen-bond donors (Lipinski definition) is 2. The van der Waals surface area contributed by atoms with Crippen LogP contribution < -0.4 is 5.32 Å². The first-order valence-electron chi connectivity index (χ1n) is 6.00. The molecule has 16 heavy (non-hydrogen) atoms. The number of aromatic nitrogens is 3. The van der Waals surface area contributed by atoms with Crippen LogP contribution in [-0.2, 0) is 6.54 Å². The molecular weight excluding hydrogens is 202 g/mol. The second-order valence-corrected chi connectivity index (χ2v) is 4.79. The Morgan fingerprint density at radius 3 is 2.94 bits per heavy atom. The lowest BCUT2D eigenvalue weighted by molar-refractivity contribution is 0.268. The van der Waals surface area contributed by atoms with Gasteiger partial charge in [-0.15, -0.1) is 0 Å². The molecule has 1 unspecified atom stereocenters. The zero-order valence-corrected chi connectivity index (χ0v) is 10.3. The molecule has 1 aromatic rings. The Morgan fingerprint density at radius 1 is 1.56 bits per heavy atom. The lowest BCUT2D eigenvalue weighted by atomic mass is 10.2. The van der Waals surface area contributed by atoms with E-state index in [1.807, 2.05) is 6.92 Å². The minimum atomic E-state index is 0.584. The highest BCUT2D eigenvalue weighted by Gasteiger charge is 2.23. The van der Waals surface area contributed by atoms with E-state index in [4.69, 9.17) is 0 Å². The van der Waals surface area contributed by atoms with E-state index in [1.165, 1.54) is 13.0 Å². The third-order valence-corrected chi connectivity index (χ3v) is 3.14. The van der Waals surface area contributed by atoms with Crippen LogP contribution in [0.15, 0.2) is 0 Å². The molecule has 5 heteroatoms. The number of hydrogen-bond acceptors (Lipinski definition) is 4. The maximum absolute atomic E-state index is 4.28. The summed E-state index contributed by atoms with van der Waals surface area (Å²) in [6, 6.07) is 1.23. The van der Waals surface area contributed by atoms with Gasteiger partial charge in [0.1, 0.15) is 5.82 Å². The van der Waals surface area contributed by atoms with Crippen molar-refractivity contribution < 1.29 is 0 Å². The lowest BCUT2D eigenvalue weighted by Crippen LogP contribution is -2.35. The van der Waals surface area contributed by atoms with Crippen molar-refractivity contribution in [2.24, 2.45) is 0 Å². The predicted octanol–water partition coefficient (Wildman–Crippen LogP) is 0.685. The normalized spacial score (nSPS) is 22.1. The van der Waals surface area contributed by atoms with Crippen molar-refractivity contribution in [3.63, 3.8) is 0 Å². The van der Waals surface area contributed by atoms with Gasteiger partial charge in [-0.2, -0.15) is 5.10 Å². The van der Waals surface area contributed by atoms with Gasteiger partial charge in [0.05, 0.1) is 6.54 Å². The van der Waals surface area contributed by atoms with Gasteiger partial charge in [0.2, 0.25) is 0 Å². The quantitative estimate of drug-likeness (QED) is 0.788. The average Bonchev–Trinajstić information content (AvgIpc) is 2.83. The van der Waals surface area contributed by atoms with Crippen molar-refractivity contribution in [3.05, 3.63) is 11.6 Å². The van der Waals surface area contributed by atoms with Crippen molar-refractivity contribution in [1.82, 2.24) is 25.4 Å². The maximum Gasteiger partial charge on any atom is 0.164 e. The fourth-order valence-corrected chi connectivity index (χ4v) is 2.13. The predicted molar refractivity (Wildman–Crippen MR) is 63.1 cm³/mol. The molecule has 0 aliphatic carbocycles. The Kier molecular flexibility index (Phi) is 3.56. The van der Waals surface area contributed by atoms with Crippen molar-refractivity contribution in [3.8, 4) is 0 Å². The van der Waals surface area contributed by atoms with Crippen LogP contribution in [0.2, 0.25) is 0 Å². The Balaban J connectivity index is 1.75. The van der Waals surface area contributed by atoms with E-state index >= 15 is 0 Å². The molecule has 90 valence electrons. The van der Waals surface area contributed by atoms with Crippen LogP contribution in [0.25, 0.3) is 0 Å². The molecule has 2 N–H and O–H groups in total. The fourth-order valence-electron chi connectivity index (χ4n) is 2.13. The molecular formula is C11H21N5. The monoisotopic (exact) mass is 223 g/mol. The lowest BCUT2D eigenvalue weighted by Gasteiger charge is -2.20. The van der Waals surface area contributed by atoms with Crippen LogP contribution in [0.1, 0.15) is 31.9 Å². The van der Waals surface area contributed by atoms with Crippen molar-refractivity contribution in [1.29, 1.82) is 0 Å². The second kappa shape index (κ2) is 4.93. The van der Waals surface area contributed by atoms with Gasteiger partial charge in [0, 0.05) is 18.6 Å². The van der Waals surface area contributed by atoms with Crippen LogP contribution >= 0.6 is 0 Å². The van der Waals surface area contributed by atoms with Gasteiger partial charge in [-0.25, -0.2) is 4.98 Å². The number of aryl methyl sites for hydroxylation is 1. The summed E-state index contributed by atoms with van der Waals surface area (Å²) in [6.07, 6.45) is 1.22. The van der Waals surface area contributed by atoms with Gasteiger partial charge < -0.3 is 5.32 Å². The SMILES string of the molecule is Cc1nc(CNC2CCN(C(C)C)C2)n[nH]1. The number of H-pyrrole nitrogens is 1. The van der Waals surface area contributed by atoms with Gasteiger partial charge >= 0.3 is 0 Å². The minimum absolute atomic E-state index is 0.584. The molecule has 1 aliphatic rings. The molecule has 1 fully saturated rings. The molecule has 0 spiro atoms. The molecule has 0 aromatic carbocycles. The smallest absolute Gasteiger partial charge is 0.164 e. The summed E-state index contributed by atoms with van der Waals surface area (Å²) in [5, 5.41) is 10.5.